The van der Waals surface area contributed by atoms with Crippen LogP contribution in [0.15, 0.2) is 45.8 Å². The van der Waals surface area contributed by atoms with Crippen molar-refractivity contribution in [3.8, 4) is 0 Å². The molecule has 2 saturated heterocycles. The van der Waals surface area contributed by atoms with Crippen LogP contribution in [-0.4, -0.2) is 62.1 Å². The molecule has 2 unspecified atom stereocenters. The summed E-state index contributed by atoms with van der Waals surface area (Å²) in [4.78, 5) is 39.0. The zero-order valence-corrected chi connectivity index (χ0v) is 26.4. The molecule has 234 valence electrons. The number of ether oxygens (including phenoxy) is 5. The molecular formula is C34H44O9. The normalized spacial score (nSPS) is 43.1. The number of rotatable bonds is 6. The summed E-state index contributed by atoms with van der Waals surface area (Å²) in [7, 11) is 1.41. The van der Waals surface area contributed by atoms with Crippen molar-refractivity contribution in [1.29, 1.82) is 0 Å². The van der Waals surface area contributed by atoms with Gasteiger partial charge in [0.15, 0.2) is 0 Å². The summed E-state index contributed by atoms with van der Waals surface area (Å²) in [5, 5.41) is 0. The smallest absolute Gasteiger partial charge is 0.333 e. The van der Waals surface area contributed by atoms with Crippen LogP contribution in [0.2, 0.25) is 0 Å². The van der Waals surface area contributed by atoms with Gasteiger partial charge in [-0.3, -0.25) is 9.59 Å². The van der Waals surface area contributed by atoms with Gasteiger partial charge in [0.2, 0.25) is 0 Å². The van der Waals surface area contributed by atoms with Gasteiger partial charge in [-0.1, -0.05) is 32.4 Å². The van der Waals surface area contributed by atoms with Gasteiger partial charge in [0.05, 0.1) is 44.6 Å². The number of allylic oxidation sites excluding steroid dienone is 2. The van der Waals surface area contributed by atoms with Crippen molar-refractivity contribution in [3.05, 3.63) is 47.0 Å². The molecule has 11 atom stereocenters. The third-order valence-electron chi connectivity index (χ3n) is 12.0. The van der Waals surface area contributed by atoms with Crippen molar-refractivity contribution in [2.75, 3.05) is 13.7 Å². The Morgan fingerprint density at radius 2 is 1.84 bits per heavy atom. The molecule has 3 aliphatic carbocycles. The molecule has 3 heterocycles. The summed E-state index contributed by atoms with van der Waals surface area (Å²) in [6.45, 7) is 13.9. The summed E-state index contributed by atoms with van der Waals surface area (Å²) >= 11 is 0. The minimum absolute atomic E-state index is 0.122. The van der Waals surface area contributed by atoms with Gasteiger partial charge < -0.3 is 28.1 Å². The molecule has 0 amide bonds. The summed E-state index contributed by atoms with van der Waals surface area (Å²) in [5.41, 5.74) is 2.08. The lowest BCUT2D eigenvalue weighted by Crippen LogP contribution is -2.71. The number of hydrogen-bond donors (Lipinski definition) is 0. The van der Waals surface area contributed by atoms with Gasteiger partial charge in [-0.15, -0.1) is 0 Å². The third-order valence-corrected chi connectivity index (χ3v) is 12.0. The highest BCUT2D eigenvalue weighted by atomic mass is 16.6. The fourth-order valence-electron chi connectivity index (χ4n) is 10.0. The zero-order chi connectivity index (χ0) is 31.1. The first-order valence-electron chi connectivity index (χ1n) is 15.4. The van der Waals surface area contributed by atoms with Gasteiger partial charge in [0.1, 0.15) is 12.2 Å². The maximum absolute atomic E-state index is 13.4. The van der Waals surface area contributed by atoms with E-state index >= 15 is 0 Å². The largest absolute Gasteiger partial charge is 0.472 e. The van der Waals surface area contributed by atoms with Crippen LogP contribution in [0.5, 0.6) is 0 Å². The predicted octanol–water partition coefficient (Wildman–Crippen LogP) is 5.29. The predicted molar refractivity (Wildman–Crippen MR) is 155 cm³/mol. The number of methoxy groups -OCH3 is 1. The Kier molecular flexibility index (Phi) is 7.24. The number of hydrogen-bond acceptors (Lipinski definition) is 9. The third kappa shape index (κ3) is 4.13. The van der Waals surface area contributed by atoms with Gasteiger partial charge in [0, 0.05) is 53.4 Å². The fourth-order valence-corrected chi connectivity index (χ4v) is 10.0. The summed E-state index contributed by atoms with van der Waals surface area (Å²) in [6, 6.07) is 2.00. The Labute approximate surface area is 253 Å². The molecule has 0 aromatic carbocycles. The van der Waals surface area contributed by atoms with Crippen molar-refractivity contribution in [1.82, 2.24) is 0 Å². The van der Waals surface area contributed by atoms with Crippen molar-refractivity contribution in [2.45, 2.75) is 104 Å². The molecule has 0 spiro atoms. The van der Waals surface area contributed by atoms with E-state index in [-0.39, 0.29) is 48.5 Å². The number of fused-ring (bicyclic) bond motifs is 4. The number of carbonyl (C=O) groups is 3. The number of furan rings is 1. The lowest BCUT2D eigenvalue weighted by atomic mass is 9.40. The van der Waals surface area contributed by atoms with Crippen molar-refractivity contribution < 1.29 is 42.5 Å². The molecule has 2 saturated carbocycles. The summed E-state index contributed by atoms with van der Waals surface area (Å²) in [6.07, 6.45) is 4.39. The van der Waals surface area contributed by atoms with Crippen molar-refractivity contribution in [2.24, 2.45) is 28.1 Å². The van der Waals surface area contributed by atoms with Crippen LogP contribution in [0.3, 0.4) is 0 Å². The fraction of sp³-hybridized carbons (Fsp3) is 0.676. The van der Waals surface area contributed by atoms with Gasteiger partial charge >= 0.3 is 17.9 Å². The lowest BCUT2D eigenvalue weighted by Gasteiger charge is -2.65. The van der Waals surface area contributed by atoms with E-state index in [1.54, 1.807) is 32.4 Å². The highest BCUT2D eigenvalue weighted by Crippen LogP contribution is 2.74. The van der Waals surface area contributed by atoms with E-state index in [0.717, 1.165) is 12.0 Å². The van der Waals surface area contributed by atoms with E-state index in [9.17, 15) is 14.4 Å². The molecule has 0 radical (unpaired) electrons. The molecule has 0 bridgehead atoms. The van der Waals surface area contributed by atoms with E-state index in [4.69, 9.17) is 28.1 Å². The first-order valence-corrected chi connectivity index (χ1v) is 15.4. The standard InChI is InChI=1S/C34H44O9/c1-9-17(2)31(37)43-25-14-24(41-19(4)35)32(5)16-40-28-29(32)33(25,6)23(13-26(36)38-8)34(7)27-18(3)21(20-10-11-39-15-20)12-22(27)42-30(28)34/h9-11,15,21-25,28-30H,12-14,16H2,1-8H3/b17-9+/t21-,22?,23-,24-,25+,28-,29?,30-,32-,33+,34-/m1/s1. The maximum Gasteiger partial charge on any atom is 0.333 e. The van der Waals surface area contributed by atoms with Crippen LogP contribution in [0.4, 0.5) is 0 Å². The Hall–Kier alpha value is -2.91. The molecule has 5 aliphatic rings. The Morgan fingerprint density at radius 1 is 1.09 bits per heavy atom. The van der Waals surface area contributed by atoms with Crippen LogP contribution in [0.1, 0.15) is 79.2 Å². The SMILES string of the molecule is C/C=C(\C)C(=O)O[C@H]1C[C@@H](OC(C)=O)[C@@]2(C)CO[C@@H]3C2[C@@]1(C)[C@@H](CC(=O)OC)[C@]1(C)C2=C(C)[C@H](c4ccoc4)CC2O[C@H]31. The molecule has 9 nitrogen and oxygen atoms in total. The monoisotopic (exact) mass is 596 g/mol. The van der Waals surface area contributed by atoms with Crippen LogP contribution >= 0.6 is 0 Å². The van der Waals surface area contributed by atoms with Crippen molar-refractivity contribution in [3.63, 3.8) is 0 Å². The molecule has 4 fully saturated rings. The Balaban J connectivity index is 1.55. The molecular weight excluding hydrogens is 552 g/mol. The van der Waals surface area contributed by atoms with E-state index in [2.05, 4.69) is 27.7 Å². The summed E-state index contributed by atoms with van der Waals surface area (Å²) in [5.74, 6) is -1.54. The number of esters is 3. The van der Waals surface area contributed by atoms with Gasteiger partial charge in [-0.05, 0) is 50.3 Å². The number of carbonyl (C=O) groups excluding carboxylic acids is 3. The van der Waals surface area contributed by atoms with Crippen LogP contribution < -0.4 is 0 Å². The van der Waals surface area contributed by atoms with Crippen LogP contribution in [-0.2, 0) is 38.1 Å². The molecule has 6 rings (SSSR count). The lowest BCUT2D eigenvalue weighted by molar-refractivity contribution is -0.251. The van der Waals surface area contributed by atoms with Crippen LogP contribution in [0, 0.1) is 28.1 Å². The highest BCUT2D eigenvalue weighted by molar-refractivity contribution is 5.87. The van der Waals surface area contributed by atoms with E-state index in [1.807, 2.05) is 6.07 Å². The Morgan fingerprint density at radius 3 is 2.47 bits per heavy atom. The van der Waals surface area contributed by atoms with Gasteiger partial charge in [0.25, 0.3) is 0 Å². The molecule has 1 aromatic rings. The second-order valence-electron chi connectivity index (χ2n) is 13.9. The second-order valence-corrected chi connectivity index (χ2v) is 13.9. The zero-order valence-electron chi connectivity index (χ0n) is 26.4. The maximum atomic E-state index is 13.4. The van der Waals surface area contributed by atoms with E-state index < -0.39 is 40.4 Å². The summed E-state index contributed by atoms with van der Waals surface area (Å²) < 4.78 is 36.8. The van der Waals surface area contributed by atoms with E-state index in [1.165, 1.54) is 25.2 Å². The minimum Gasteiger partial charge on any atom is -0.472 e. The average Bonchev–Trinajstić information content (AvgIpc) is 3.73. The van der Waals surface area contributed by atoms with Gasteiger partial charge in [-0.25, -0.2) is 4.79 Å². The topological polar surface area (TPSA) is 111 Å². The molecule has 1 aromatic heterocycles. The first-order chi connectivity index (χ1) is 20.3. The molecule has 43 heavy (non-hydrogen) atoms. The first kappa shape index (κ1) is 30.1. The van der Waals surface area contributed by atoms with Crippen molar-refractivity contribution >= 4 is 17.9 Å². The van der Waals surface area contributed by atoms with E-state index in [0.29, 0.717) is 18.6 Å². The highest BCUT2D eigenvalue weighted by Gasteiger charge is 2.78. The van der Waals surface area contributed by atoms with Crippen LogP contribution in [0.25, 0.3) is 0 Å². The second kappa shape index (κ2) is 10.3. The minimum atomic E-state index is -0.741. The molecule has 0 N–H and O–H groups in total. The molecule has 9 heteroatoms. The quantitative estimate of drug-likeness (QED) is 0.187. The molecule has 2 aliphatic heterocycles. The average molecular weight is 597 g/mol. The van der Waals surface area contributed by atoms with Gasteiger partial charge in [-0.2, -0.15) is 0 Å². The Bertz CT molecular complexity index is 1380.